The van der Waals surface area contributed by atoms with E-state index in [1.807, 2.05) is 6.92 Å². The lowest BCUT2D eigenvalue weighted by Gasteiger charge is -2.23. The number of hydrogen-bond acceptors (Lipinski definition) is 2. The minimum atomic E-state index is -4.67. The topological polar surface area (TPSA) is 35.2 Å². The Hall–Kier alpha value is -1.23. The van der Waals surface area contributed by atoms with Crippen LogP contribution in [0.25, 0.3) is 0 Å². The largest absolute Gasteiger partial charge is 0.573 e. The van der Waals surface area contributed by atoms with Crippen molar-refractivity contribution in [3.63, 3.8) is 0 Å². The van der Waals surface area contributed by atoms with E-state index in [0.29, 0.717) is 12.0 Å². The fraction of sp³-hybridized carbons (Fsp3) is 0.455. The Morgan fingerprint density at radius 3 is 2.44 bits per heavy atom. The van der Waals surface area contributed by atoms with Gasteiger partial charge in [0.1, 0.15) is 5.75 Å². The molecule has 0 heterocycles. The molecule has 0 fully saturated rings. The molecule has 1 rings (SSSR count). The lowest BCUT2D eigenvalue weighted by atomic mass is 9.90. The van der Waals surface area contributed by atoms with Gasteiger partial charge in [-0.15, -0.1) is 13.2 Å². The molecule has 1 aromatic carbocycles. The number of nitrogens with two attached hydrogens (primary N) is 1. The third-order valence-electron chi connectivity index (χ3n) is 2.46. The molecule has 5 heteroatoms. The molecule has 90 valence electrons. The third kappa shape index (κ3) is 3.41. The summed E-state index contributed by atoms with van der Waals surface area (Å²) in [6.45, 7) is 3.64. The molecule has 0 spiro atoms. The van der Waals surface area contributed by atoms with Gasteiger partial charge in [-0.25, -0.2) is 0 Å². The van der Waals surface area contributed by atoms with Crippen molar-refractivity contribution >= 4 is 0 Å². The zero-order chi connectivity index (χ0) is 12.4. The molecule has 0 aromatic heterocycles. The van der Waals surface area contributed by atoms with Gasteiger partial charge in [0.15, 0.2) is 0 Å². The maximum atomic E-state index is 12.0. The summed E-state index contributed by atoms with van der Waals surface area (Å²) in [5.74, 6) is -0.241. The summed E-state index contributed by atoms with van der Waals surface area (Å²) in [5.41, 5.74) is 5.91. The van der Waals surface area contributed by atoms with Gasteiger partial charge in [0, 0.05) is 5.54 Å². The summed E-state index contributed by atoms with van der Waals surface area (Å²) < 4.78 is 39.8. The first-order valence-electron chi connectivity index (χ1n) is 4.90. The van der Waals surface area contributed by atoms with Crippen LogP contribution in [0.4, 0.5) is 13.2 Å². The van der Waals surface area contributed by atoms with Crippen molar-refractivity contribution in [2.24, 2.45) is 5.73 Å². The highest BCUT2D eigenvalue weighted by atomic mass is 19.4. The third-order valence-corrected chi connectivity index (χ3v) is 2.46. The lowest BCUT2D eigenvalue weighted by molar-refractivity contribution is -0.274. The smallest absolute Gasteiger partial charge is 0.406 e. The second-order valence-corrected chi connectivity index (χ2v) is 3.85. The van der Waals surface area contributed by atoms with Gasteiger partial charge in [-0.3, -0.25) is 0 Å². The van der Waals surface area contributed by atoms with Crippen LogP contribution in [-0.2, 0) is 5.54 Å². The highest BCUT2D eigenvalue weighted by molar-refractivity contribution is 5.32. The summed E-state index contributed by atoms with van der Waals surface area (Å²) >= 11 is 0. The summed E-state index contributed by atoms with van der Waals surface area (Å²) in [4.78, 5) is 0. The normalized spacial score (nSPS) is 15.6. The SMILES string of the molecule is CCC(C)(N)c1cccc(OC(F)(F)F)c1. The van der Waals surface area contributed by atoms with Gasteiger partial charge in [-0.1, -0.05) is 19.1 Å². The molecule has 2 nitrogen and oxygen atoms in total. The van der Waals surface area contributed by atoms with Gasteiger partial charge >= 0.3 is 6.36 Å². The number of hydrogen-bond donors (Lipinski definition) is 1. The molecule has 0 bridgehead atoms. The zero-order valence-electron chi connectivity index (χ0n) is 9.14. The lowest BCUT2D eigenvalue weighted by Crippen LogP contribution is -2.32. The first-order chi connectivity index (χ1) is 7.24. The van der Waals surface area contributed by atoms with Gasteiger partial charge in [-0.05, 0) is 31.0 Å². The maximum Gasteiger partial charge on any atom is 0.573 e. The number of halogens is 3. The van der Waals surface area contributed by atoms with E-state index in [2.05, 4.69) is 4.74 Å². The van der Waals surface area contributed by atoms with Crippen LogP contribution in [0, 0.1) is 0 Å². The van der Waals surface area contributed by atoms with Crippen LogP contribution >= 0.6 is 0 Å². The Kier molecular flexibility index (Phi) is 3.48. The van der Waals surface area contributed by atoms with Gasteiger partial charge in [0.25, 0.3) is 0 Å². The number of rotatable bonds is 3. The van der Waals surface area contributed by atoms with Crippen LogP contribution in [0.1, 0.15) is 25.8 Å². The van der Waals surface area contributed by atoms with E-state index in [1.54, 1.807) is 13.0 Å². The minimum Gasteiger partial charge on any atom is -0.406 e. The fourth-order valence-corrected chi connectivity index (χ4v) is 1.25. The molecule has 0 aliphatic rings. The Bertz CT molecular complexity index is 360. The average Bonchev–Trinajstić information content (AvgIpc) is 2.15. The molecule has 0 aliphatic carbocycles. The van der Waals surface area contributed by atoms with Crippen molar-refractivity contribution in [2.45, 2.75) is 32.2 Å². The molecule has 0 radical (unpaired) electrons. The van der Waals surface area contributed by atoms with E-state index in [0.717, 1.165) is 0 Å². The van der Waals surface area contributed by atoms with Gasteiger partial charge in [0.2, 0.25) is 0 Å². The van der Waals surface area contributed by atoms with Crippen molar-refractivity contribution in [1.82, 2.24) is 0 Å². The van der Waals surface area contributed by atoms with Gasteiger partial charge in [-0.2, -0.15) is 0 Å². The van der Waals surface area contributed by atoms with Crippen LogP contribution in [0.5, 0.6) is 5.75 Å². The molecule has 1 atom stereocenters. The molecule has 0 saturated heterocycles. The Morgan fingerprint density at radius 1 is 1.31 bits per heavy atom. The van der Waals surface area contributed by atoms with E-state index in [-0.39, 0.29) is 5.75 Å². The molecule has 2 N–H and O–H groups in total. The summed E-state index contributed by atoms with van der Waals surface area (Å²) in [7, 11) is 0. The quantitative estimate of drug-likeness (QED) is 0.870. The van der Waals surface area contributed by atoms with E-state index in [1.165, 1.54) is 18.2 Å². The maximum absolute atomic E-state index is 12.0. The molecule has 0 amide bonds. The zero-order valence-corrected chi connectivity index (χ0v) is 9.14. The number of benzene rings is 1. The van der Waals surface area contributed by atoms with Crippen LogP contribution < -0.4 is 10.5 Å². The van der Waals surface area contributed by atoms with E-state index in [9.17, 15) is 13.2 Å². The predicted octanol–water partition coefficient (Wildman–Crippen LogP) is 3.17. The molecular weight excluding hydrogens is 219 g/mol. The average molecular weight is 233 g/mol. The van der Waals surface area contributed by atoms with Crippen molar-refractivity contribution in [3.8, 4) is 5.75 Å². The molecule has 0 saturated carbocycles. The van der Waals surface area contributed by atoms with Crippen molar-refractivity contribution < 1.29 is 17.9 Å². The van der Waals surface area contributed by atoms with Crippen molar-refractivity contribution in [2.75, 3.05) is 0 Å². The Labute approximate surface area is 92.2 Å². The number of ether oxygens (including phenoxy) is 1. The highest BCUT2D eigenvalue weighted by Gasteiger charge is 2.31. The van der Waals surface area contributed by atoms with Crippen LogP contribution in [-0.4, -0.2) is 6.36 Å². The first-order valence-corrected chi connectivity index (χ1v) is 4.90. The standard InChI is InChI=1S/C11H14F3NO/c1-3-10(2,15)8-5-4-6-9(7-8)16-11(12,13)14/h4-7H,3,15H2,1-2H3. The van der Waals surface area contributed by atoms with Crippen molar-refractivity contribution in [3.05, 3.63) is 29.8 Å². The summed E-state index contributed by atoms with van der Waals surface area (Å²) in [6.07, 6.45) is -4.04. The van der Waals surface area contributed by atoms with Crippen LogP contribution in [0.3, 0.4) is 0 Å². The van der Waals surface area contributed by atoms with Gasteiger partial charge < -0.3 is 10.5 Å². The van der Waals surface area contributed by atoms with E-state index in [4.69, 9.17) is 5.73 Å². The van der Waals surface area contributed by atoms with E-state index >= 15 is 0 Å². The predicted molar refractivity (Wildman–Crippen MR) is 55.0 cm³/mol. The second kappa shape index (κ2) is 4.33. The summed E-state index contributed by atoms with van der Waals surface area (Å²) in [5, 5.41) is 0. The number of alkyl halides is 3. The second-order valence-electron chi connectivity index (χ2n) is 3.85. The molecule has 16 heavy (non-hydrogen) atoms. The molecule has 1 aromatic rings. The monoisotopic (exact) mass is 233 g/mol. The Morgan fingerprint density at radius 2 is 1.94 bits per heavy atom. The van der Waals surface area contributed by atoms with Gasteiger partial charge in [0.05, 0.1) is 0 Å². The Balaban J connectivity index is 2.96. The van der Waals surface area contributed by atoms with Crippen LogP contribution in [0.2, 0.25) is 0 Å². The first kappa shape index (κ1) is 12.8. The molecule has 0 aliphatic heterocycles. The van der Waals surface area contributed by atoms with Crippen LogP contribution in [0.15, 0.2) is 24.3 Å². The van der Waals surface area contributed by atoms with E-state index < -0.39 is 11.9 Å². The fourth-order valence-electron chi connectivity index (χ4n) is 1.25. The summed E-state index contributed by atoms with van der Waals surface area (Å²) in [6, 6.07) is 5.75. The minimum absolute atomic E-state index is 0.241. The molecular formula is C11H14F3NO. The van der Waals surface area contributed by atoms with Crippen molar-refractivity contribution in [1.29, 1.82) is 0 Å². The molecule has 1 unspecified atom stereocenters. The highest BCUT2D eigenvalue weighted by Crippen LogP contribution is 2.28.